The quantitative estimate of drug-likeness (QED) is 0.0539. The Kier molecular flexibility index (Phi) is 22.4. The van der Waals surface area contributed by atoms with Gasteiger partial charge in [0.2, 0.25) is 0 Å². The Bertz CT molecular complexity index is 2070. The van der Waals surface area contributed by atoms with Gasteiger partial charge in [0.05, 0.1) is 27.0 Å². The van der Waals surface area contributed by atoms with Crippen molar-refractivity contribution in [3.63, 3.8) is 0 Å². The van der Waals surface area contributed by atoms with Crippen LogP contribution in [0.2, 0.25) is 0 Å². The molecular weight excluding hydrogens is 868 g/mol. The van der Waals surface area contributed by atoms with Gasteiger partial charge in [0.1, 0.15) is 31.8 Å². The summed E-state index contributed by atoms with van der Waals surface area (Å²) < 4.78 is 0. The number of aliphatic hydroxyl groups is 4. The predicted octanol–water partition coefficient (Wildman–Crippen LogP) is 8.05. The first-order chi connectivity index (χ1) is 28.3. The molecule has 0 unspecified atom stereocenters. The van der Waals surface area contributed by atoms with Crippen LogP contribution in [-0.4, -0.2) is 20.4 Å². The number of hydrogen-bond acceptors (Lipinski definition) is 4. The molecule has 0 bridgehead atoms. The third kappa shape index (κ3) is 15.3. The van der Waals surface area contributed by atoms with Crippen molar-refractivity contribution in [2.75, 3.05) is 0 Å². The maximum Gasteiger partial charge on any atom is 0.182 e. The largest absolute Gasteiger partial charge is 0.364 e. The first-order valence-electron chi connectivity index (χ1n) is 18.9. The molecule has 0 fully saturated rings. The maximum absolute atomic E-state index is 9.72. The molecule has 312 valence electrons. The van der Waals surface area contributed by atoms with Crippen molar-refractivity contribution < 1.29 is 53.4 Å². The van der Waals surface area contributed by atoms with E-state index < -0.39 is 28.4 Å². The Morgan fingerprint density at radius 1 is 0.283 bits per heavy atom. The van der Waals surface area contributed by atoms with E-state index in [1.807, 2.05) is 170 Å². The van der Waals surface area contributed by atoms with Gasteiger partial charge in [-0.1, -0.05) is 109 Å². The number of aliphatic hydroxyl groups excluding tert-OH is 2. The fourth-order valence-corrected chi connectivity index (χ4v) is 11.8. The van der Waals surface area contributed by atoms with Gasteiger partial charge in [0.15, 0.2) is 12.6 Å². The summed E-state index contributed by atoms with van der Waals surface area (Å²) in [5.41, 5.74) is 3.32. The van der Waals surface area contributed by atoms with Crippen LogP contribution in [0.1, 0.15) is 34.8 Å². The molecule has 8 aromatic carbocycles. The van der Waals surface area contributed by atoms with Gasteiger partial charge >= 0.3 is 0 Å². The molecule has 0 amide bonds. The summed E-state index contributed by atoms with van der Waals surface area (Å²) in [7, 11) is -2.54. The van der Waals surface area contributed by atoms with Crippen molar-refractivity contribution in [1.82, 2.24) is 0 Å². The summed E-state index contributed by atoms with van der Waals surface area (Å²) in [5, 5.41) is 45.8. The van der Waals surface area contributed by atoms with Crippen LogP contribution in [0.5, 0.6) is 0 Å². The second-order valence-electron chi connectivity index (χ2n) is 13.1. The van der Waals surface area contributed by atoms with Gasteiger partial charge in [-0.05, 0) is 72.8 Å². The summed E-state index contributed by atoms with van der Waals surface area (Å²) in [6.45, 7) is 7.44. The molecule has 60 heavy (non-hydrogen) atoms. The summed E-state index contributed by atoms with van der Waals surface area (Å²) in [6, 6.07) is 76.1. The van der Waals surface area contributed by atoms with Gasteiger partial charge in [-0.25, -0.2) is 0 Å². The van der Waals surface area contributed by atoms with E-state index in [9.17, 15) is 20.4 Å². The van der Waals surface area contributed by atoms with E-state index in [4.69, 9.17) is 0 Å². The number of hydrogen-bond donors (Lipinski definition) is 4. The monoisotopic (exact) mass is 916 g/mol. The molecule has 0 saturated carbocycles. The first-order valence-corrected chi connectivity index (χ1v) is 21.9. The summed E-state index contributed by atoms with van der Waals surface area (Å²) in [6.07, 6.45) is -2.91. The minimum atomic E-state index is -1.45. The second kappa shape index (κ2) is 27.1. The van der Waals surface area contributed by atoms with E-state index in [2.05, 4.69) is 62.4 Å². The van der Waals surface area contributed by atoms with Crippen molar-refractivity contribution in [1.29, 1.82) is 0 Å². The van der Waals surface area contributed by atoms with Crippen LogP contribution < -0.4 is 31.8 Å². The molecule has 0 heterocycles. The molecule has 0 aliphatic rings. The van der Waals surface area contributed by atoms with Gasteiger partial charge < -0.3 is 20.4 Å². The molecule has 0 saturated heterocycles. The molecule has 0 radical (unpaired) electrons. The zero-order valence-corrected chi connectivity index (χ0v) is 36.9. The van der Waals surface area contributed by atoms with Gasteiger partial charge in [-0.2, -0.15) is 49.2 Å². The second-order valence-corrected chi connectivity index (χ2v) is 18.0. The van der Waals surface area contributed by atoms with Gasteiger partial charge in [-0.15, -0.1) is 24.3 Å². The van der Waals surface area contributed by atoms with E-state index in [0.29, 0.717) is 11.1 Å². The Morgan fingerprint density at radius 2 is 0.483 bits per heavy atom. The first kappa shape index (κ1) is 49.5. The maximum atomic E-state index is 9.72. The van der Waals surface area contributed by atoms with E-state index >= 15 is 0 Å². The van der Waals surface area contributed by atoms with Gasteiger partial charge in [0, 0.05) is 33.0 Å². The molecule has 0 spiro atoms. The van der Waals surface area contributed by atoms with Crippen molar-refractivity contribution in [2.45, 2.75) is 12.6 Å². The molecule has 0 aliphatic heterocycles. The van der Waals surface area contributed by atoms with Crippen molar-refractivity contribution >= 4 is 47.7 Å². The molecule has 0 aliphatic carbocycles. The average molecular weight is 918 g/mol. The van der Waals surface area contributed by atoms with Crippen LogP contribution in [0.3, 0.4) is 0 Å². The van der Waals surface area contributed by atoms with Gasteiger partial charge in [-0.3, -0.25) is 0 Å². The van der Waals surface area contributed by atoms with Gasteiger partial charge in [0.25, 0.3) is 0 Å². The Labute approximate surface area is 378 Å². The number of benzene rings is 8. The van der Waals surface area contributed by atoms with Crippen LogP contribution in [0.15, 0.2) is 231 Å². The zero-order valence-electron chi connectivity index (χ0n) is 32.9. The minimum Gasteiger partial charge on any atom is -0.364 e. The van der Waals surface area contributed by atoms with E-state index in [1.54, 1.807) is 12.1 Å². The summed E-state index contributed by atoms with van der Waals surface area (Å²) in [4.78, 5) is 0. The summed E-state index contributed by atoms with van der Waals surface area (Å²) in [5.74, 6) is 0. The van der Waals surface area contributed by atoms with Crippen LogP contribution in [0.4, 0.5) is 0 Å². The van der Waals surface area contributed by atoms with E-state index in [-0.39, 0.29) is 33.0 Å². The zero-order chi connectivity index (χ0) is 41.0. The van der Waals surface area contributed by atoms with E-state index in [1.165, 1.54) is 21.2 Å². The van der Waals surface area contributed by atoms with Crippen LogP contribution in [0, 0.1) is 13.8 Å². The molecule has 4 nitrogen and oxygen atoms in total. The minimum absolute atomic E-state index is 0. The summed E-state index contributed by atoms with van der Waals surface area (Å²) >= 11 is 0. The Hall–Kier alpha value is -4.81. The predicted molar refractivity (Wildman–Crippen MR) is 249 cm³/mol. The number of rotatable bonds is 8. The van der Waals surface area contributed by atoms with Crippen molar-refractivity contribution in [3.8, 4) is 0 Å². The Balaban J connectivity index is 0.000000237. The smallest absolute Gasteiger partial charge is 0.182 e. The molecule has 8 rings (SSSR count). The SMILES string of the molecule is OC(O)c1ccccc1[PH+](c1ccccc1)c1ccccc1.OC(O)c1ccccc1[PH+](c1ccccc1)c1ccccc1.[CH2-]c1ccccc1.[CH2-]c1ccccc1.[Ni].[Ni]. The average Bonchev–Trinajstić information content (AvgIpc) is 3.27. The molecule has 4 N–H and O–H groups in total. The molecular formula is C52H50Ni2O4P2. The Morgan fingerprint density at radius 3 is 0.683 bits per heavy atom. The standard InChI is InChI=1S/2C19H17O2P.2C7H7.2Ni/c2*20-19(21)17-13-7-8-14-18(17)22(15-9-3-1-4-10-15)16-11-5-2-6-12-16;2*1-7-5-3-2-4-6-7;;/h2*1-14,19-21H;2*2-6H,1H2;;/q;;2*-1;;/p+2. The molecule has 0 atom stereocenters. The topological polar surface area (TPSA) is 80.9 Å². The molecule has 0 aromatic heterocycles. The third-order valence-electron chi connectivity index (χ3n) is 8.95. The molecule has 8 aromatic rings. The van der Waals surface area contributed by atoms with Crippen LogP contribution in [0.25, 0.3) is 0 Å². The fourth-order valence-electron chi connectivity index (χ4n) is 6.23. The normalized spacial score (nSPS) is 10.1. The molecule has 8 heteroatoms. The van der Waals surface area contributed by atoms with Crippen molar-refractivity contribution in [2.24, 2.45) is 0 Å². The van der Waals surface area contributed by atoms with Crippen LogP contribution in [-0.2, 0) is 33.0 Å². The third-order valence-corrected chi connectivity index (χ3v) is 14.6. The van der Waals surface area contributed by atoms with E-state index in [0.717, 1.165) is 21.7 Å². The van der Waals surface area contributed by atoms with Crippen LogP contribution >= 0.6 is 15.8 Å². The fraction of sp³-hybridized carbons (Fsp3) is 0.0385. The van der Waals surface area contributed by atoms with Crippen molar-refractivity contribution in [3.05, 3.63) is 267 Å².